The van der Waals surface area contributed by atoms with E-state index in [0.29, 0.717) is 17.9 Å². The van der Waals surface area contributed by atoms with E-state index in [4.69, 9.17) is 0 Å². The number of fused-ring (bicyclic) bond motifs is 1. The van der Waals surface area contributed by atoms with Crippen molar-refractivity contribution in [1.82, 2.24) is 15.3 Å². The monoisotopic (exact) mass is 301 g/mol. The maximum Gasteiger partial charge on any atom is 0.354 e. The van der Waals surface area contributed by atoms with Crippen molar-refractivity contribution in [2.45, 2.75) is 17.9 Å². The summed E-state index contributed by atoms with van der Waals surface area (Å²) in [4.78, 5) is 21.4. The van der Waals surface area contributed by atoms with Gasteiger partial charge in [0, 0.05) is 35.5 Å². The van der Waals surface area contributed by atoms with Gasteiger partial charge in [0.25, 0.3) is 0 Å². The molecule has 3 rings (SSSR count). The molecule has 0 spiro atoms. The Morgan fingerprint density at radius 1 is 1.29 bits per heavy atom. The molecule has 0 atom stereocenters. The summed E-state index contributed by atoms with van der Waals surface area (Å²) in [5.41, 5.74) is 2.50. The van der Waals surface area contributed by atoms with Crippen molar-refractivity contribution in [2.24, 2.45) is 0 Å². The summed E-state index contributed by atoms with van der Waals surface area (Å²) in [6, 6.07) is 7.84. The number of hydrogen-bond acceptors (Lipinski definition) is 5. The molecule has 21 heavy (non-hydrogen) atoms. The van der Waals surface area contributed by atoms with Crippen LogP contribution in [0.2, 0.25) is 0 Å². The molecule has 0 saturated heterocycles. The van der Waals surface area contributed by atoms with E-state index >= 15 is 0 Å². The van der Waals surface area contributed by atoms with Gasteiger partial charge < -0.3 is 10.4 Å². The molecule has 1 aromatic heterocycles. The number of benzene rings is 1. The standard InChI is InChI=1S/C15H15N3O2S/c1-21-10-4-2-9(3-5-10)14-17-12-6-7-16-8-11(12)13(18-14)15(19)20/h2-5,16H,6-8H2,1H3,(H,19,20). The predicted octanol–water partition coefficient (Wildman–Crippen LogP) is 2.21. The van der Waals surface area contributed by atoms with Gasteiger partial charge in [0.1, 0.15) is 0 Å². The van der Waals surface area contributed by atoms with Crippen LogP contribution in [0.3, 0.4) is 0 Å². The van der Waals surface area contributed by atoms with Gasteiger partial charge in [0.2, 0.25) is 0 Å². The first kappa shape index (κ1) is 14.0. The molecule has 2 N–H and O–H groups in total. The van der Waals surface area contributed by atoms with Crippen LogP contribution in [0.1, 0.15) is 21.7 Å². The zero-order valence-electron chi connectivity index (χ0n) is 11.6. The van der Waals surface area contributed by atoms with E-state index in [2.05, 4.69) is 15.3 Å². The minimum absolute atomic E-state index is 0.108. The average Bonchev–Trinajstić information content (AvgIpc) is 2.53. The molecule has 0 unspecified atom stereocenters. The van der Waals surface area contributed by atoms with Crippen molar-refractivity contribution in [3.05, 3.63) is 41.2 Å². The number of rotatable bonds is 3. The topological polar surface area (TPSA) is 75.1 Å². The lowest BCUT2D eigenvalue weighted by atomic mass is 10.0. The first-order chi connectivity index (χ1) is 10.2. The van der Waals surface area contributed by atoms with Crippen LogP contribution in [0.25, 0.3) is 11.4 Å². The van der Waals surface area contributed by atoms with Crippen LogP contribution < -0.4 is 5.32 Å². The van der Waals surface area contributed by atoms with Gasteiger partial charge in [0.05, 0.1) is 5.69 Å². The van der Waals surface area contributed by atoms with Crippen molar-refractivity contribution in [3.8, 4) is 11.4 Å². The number of nitrogens with zero attached hydrogens (tertiary/aromatic N) is 2. The van der Waals surface area contributed by atoms with Crippen LogP contribution in [-0.2, 0) is 13.0 Å². The van der Waals surface area contributed by atoms with Gasteiger partial charge in [-0.3, -0.25) is 0 Å². The second kappa shape index (κ2) is 5.83. The Balaban J connectivity index is 2.09. The summed E-state index contributed by atoms with van der Waals surface area (Å²) in [5.74, 6) is -0.514. The van der Waals surface area contributed by atoms with E-state index in [0.717, 1.165) is 29.1 Å². The molecule has 108 valence electrons. The van der Waals surface area contributed by atoms with E-state index < -0.39 is 5.97 Å². The van der Waals surface area contributed by atoms with Gasteiger partial charge in [-0.2, -0.15) is 0 Å². The second-order valence-corrected chi connectivity index (χ2v) is 5.66. The fraction of sp³-hybridized carbons (Fsp3) is 0.267. The van der Waals surface area contributed by atoms with E-state index in [1.165, 1.54) is 0 Å². The molecular formula is C15H15N3O2S. The maximum absolute atomic E-state index is 11.4. The lowest BCUT2D eigenvalue weighted by Gasteiger charge is -2.18. The SMILES string of the molecule is CSc1ccc(-c2nc3c(c(C(=O)O)n2)CNCC3)cc1. The normalized spacial score (nSPS) is 13.8. The first-order valence-electron chi connectivity index (χ1n) is 6.67. The molecule has 0 saturated carbocycles. The van der Waals surface area contributed by atoms with Crippen molar-refractivity contribution in [1.29, 1.82) is 0 Å². The number of hydrogen-bond donors (Lipinski definition) is 2. The third-order valence-electron chi connectivity index (χ3n) is 3.48. The molecule has 2 aromatic rings. The molecule has 0 bridgehead atoms. The highest BCUT2D eigenvalue weighted by atomic mass is 32.2. The minimum atomic E-state index is -1.00. The van der Waals surface area contributed by atoms with Crippen molar-refractivity contribution in [2.75, 3.05) is 12.8 Å². The summed E-state index contributed by atoms with van der Waals surface area (Å²) in [5, 5.41) is 12.5. The zero-order chi connectivity index (χ0) is 14.8. The van der Waals surface area contributed by atoms with Gasteiger partial charge in [-0.1, -0.05) is 12.1 Å². The summed E-state index contributed by atoms with van der Waals surface area (Å²) in [6.45, 7) is 1.33. The molecule has 1 aliphatic heterocycles. The fourth-order valence-corrected chi connectivity index (χ4v) is 2.80. The van der Waals surface area contributed by atoms with Crippen LogP contribution in [0.15, 0.2) is 29.2 Å². The Morgan fingerprint density at radius 2 is 2.05 bits per heavy atom. The van der Waals surface area contributed by atoms with Crippen LogP contribution in [-0.4, -0.2) is 33.8 Å². The Labute approximate surface area is 126 Å². The molecule has 1 aromatic carbocycles. The third kappa shape index (κ3) is 2.77. The Morgan fingerprint density at radius 3 is 2.71 bits per heavy atom. The Bertz CT molecular complexity index is 686. The highest BCUT2D eigenvalue weighted by Gasteiger charge is 2.21. The van der Waals surface area contributed by atoms with Crippen LogP contribution in [0.4, 0.5) is 0 Å². The molecule has 1 aliphatic rings. The summed E-state index contributed by atoms with van der Waals surface area (Å²) >= 11 is 1.66. The molecular weight excluding hydrogens is 286 g/mol. The number of thioether (sulfide) groups is 1. The number of carbonyl (C=O) groups is 1. The third-order valence-corrected chi connectivity index (χ3v) is 4.23. The van der Waals surface area contributed by atoms with Gasteiger partial charge in [-0.15, -0.1) is 11.8 Å². The van der Waals surface area contributed by atoms with Crippen molar-refractivity contribution >= 4 is 17.7 Å². The Hall–Kier alpha value is -1.92. The number of carboxylic acids is 1. The number of aromatic nitrogens is 2. The smallest absolute Gasteiger partial charge is 0.354 e. The van der Waals surface area contributed by atoms with E-state index in [1.807, 2.05) is 30.5 Å². The summed E-state index contributed by atoms with van der Waals surface area (Å²) in [7, 11) is 0. The van der Waals surface area contributed by atoms with Gasteiger partial charge in [-0.05, 0) is 18.4 Å². The molecule has 0 fully saturated rings. The highest BCUT2D eigenvalue weighted by Crippen LogP contribution is 2.24. The first-order valence-corrected chi connectivity index (χ1v) is 7.89. The minimum Gasteiger partial charge on any atom is -0.476 e. The summed E-state index contributed by atoms with van der Waals surface area (Å²) < 4.78 is 0. The van der Waals surface area contributed by atoms with Crippen LogP contribution in [0, 0.1) is 0 Å². The van der Waals surface area contributed by atoms with E-state index in [9.17, 15) is 9.90 Å². The second-order valence-electron chi connectivity index (χ2n) is 4.78. The van der Waals surface area contributed by atoms with Crippen LogP contribution >= 0.6 is 11.8 Å². The number of nitrogens with one attached hydrogen (secondary N) is 1. The molecule has 5 nitrogen and oxygen atoms in total. The van der Waals surface area contributed by atoms with Gasteiger partial charge in [0.15, 0.2) is 11.5 Å². The lowest BCUT2D eigenvalue weighted by molar-refractivity contribution is 0.0688. The van der Waals surface area contributed by atoms with Gasteiger partial charge >= 0.3 is 5.97 Å². The van der Waals surface area contributed by atoms with Crippen molar-refractivity contribution in [3.63, 3.8) is 0 Å². The fourth-order valence-electron chi connectivity index (χ4n) is 2.39. The molecule has 2 heterocycles. The Kier molecular flexibility index (Phi) is 3.90. The zero-order valence-corrected chi connectivity index (χ0v) is 12.4. The molecule has 6 heteroatoms. The van der Waals surface area contributed by atoms with Crippen LogP contribution in [0.5, 0.6) is 0 Å². The largest absolute Gasteiger partial charge is 0.476 e. The summed E-state index contributed by atoms with van der Waals surface area (Å²) in [6.07, 6.45) is 2.74. The van der Waals surface area contributed by atoms with Gasteiger partial charge in [-0.25, -0.2) is 14.8 Å². The highest BCUT2D eigenvalue weighted by molar-refractivity contribution is 7.98. The van der Waals surface area contributed by atoms with E-state index in [1.54, 1.807) is 11.8 Å². The van der Waals surface area contributed by atoms with E-state index in [-0.39, 0.29) is 5.69 Å². The van der Waals surface area contributed by atoms with Crippen molar-refractivity contribution < 1.29 is 9.90 Å². The molecule has 0 radical (unpaired) electrons. The molecule has 0 aliphatic carbocycles. The average molecular weight is 301 g/mol. The number of aromatic carboxylic acids is 1. The lowest BCUT2D eigenvalue weighted by Crippen LogP contribution is -2.28. The predicted molar refractivity (Wildman–Crippen MR) is 81.6 cm³/mol. The molecule has 0 amide bonds. The number of carboxylic acid groups (broad SMARTS) is 1. The quantitative estimate of drug-likeness (QED) is 0.847. The maximum atomic E-state index is 11.4.